The zero-order valence-corrected chi connectivity index (χ0v) is 15.7. The maximum Gasteiger partial charge on any atom is 0.289 e. The van der Waals surface area contributed by atoms with Gasteiger partial charge in [-0.1, -0.05) is 5.16 Å². The monoisotopic (exact) mass is 372 g/mol. The predicted molar refractivity (Wildman–Crippen MR) is 96.4 cm³/mol. The van der Waals surface area contributed by atoms with E-state index >= 15 is 0 Å². The number of carbonyl (C=O) groups excluding carboxylic acids is 2. The van der Waals surface area contributed by atoms with Gasteiger partial charge >= 0.3 is 0 Å². The number of piperazine rings is 1. The average molecular weight is 372 g/mol. The normalized spacial score (nSPS) is 20.9. The van der Waals surface area contributed by atoms with Crippen LogP contribution in [0.3, 0.4) is 0 Å². The van der Waals surface area contributed by atoms with Crippen LogP contribution in [0.4, 0.5) is 0 Å². The van der Waals surface area contributed by atoms with E-state index in [-0.39, 0.29) is 17.9 Å². The summed E-state index contributed by atoms with van der Waals surface area (Å²) in [5, 5.41) is 6.84. The van der Waals surface area contributed by atoms with E-state index in [0.29, 0.717) is 37.6 Å². The number of carbonyl (C=O) groups is 2. The summed E-state index contributed by atoms with van der Waals surface area (Å²) in [4.78, 5) is 29.0. The fourth-order valence-corrected chi connectivity index (χ4v) is 3.85. The number of hydrogen-bond donors (Lipinski definition) is 1. The van der Waals surface area contributed by atoms with Crippen molar-refractivity contribution in [3.63, 3.8) is 0 Å². The number of fused-ring (bicyclic) bond motifs is 1. The van der Waals surface area contributed by atoms with Crippen LogP contribution >= 0.6 is 0 Å². The summed E-state index contributed by atoms with van der Waals surface area (Å²) in [5.74, 6) is 1.59. The molecule has 0 spiro atoms. The Morgan fingerprint density at radius 3 is 2.93 bits per heavy atom. The molecule has 8 heteroatoms. The molecule has 0 bridgehead atoms. The molecule has 4 rings (SSSR count). The van der Waals surface area contributed by atoms with Gasteiger partial charge in [-0.25, -0.2) is 0 Å². The lowest BCUT2D eigenvalue weighted by atomic mass is 10.1. The van der Waals surface area contributed by atoms with E-state index in [4.69, 9.17) is 8.94 Å². The Bertz CT molecular complexity index is 836. The summed E-state index contributed by atoms with van der Waals surface area (Å²) in [6.07, 6.45) is 1.38. The molecule has 2 saturated heterocycles. The molecule has 2 fully saturated rings. The van der Waals surface area contributed by atoms with Crippen LogP contribution in [0, 0.1) is 13.8 Å². The molecule has 1 unspecified atom stereocenters. The molecule has 2 aliphatic rings. The van der Waals surface area contributed by atoms with Crippen molar-refractivity contribution in [3.05, 3.63) is 40.7 Å². The van der Waals surface area contributed by atoms with E-state index in [0.717, 1.165) is 36.5 Å². The number of aromatic nitrogens is 1. The number of nitrogens with zero attached hydrogens (tertiary/aromatic N) is 3. The Morgan fingerprint density at radius 2 is 2.15 bits per heavy atom. The molecule has 144 valence electrons. The predicted octanol–water partition coefficient (Wildman–Crippen LogP) is 1.12. The average Bonchev–Trinajstić information content (AvgIpc) is 3.16. The van der Waals surface area contributed by atoms with Gasteiger partial charge in [0.15, 0.2) is 5.76 Å². The number of amides is 2. The molecule has 4 heterocycles. The Hall–Kier alpha value is -2.61. The highest BCUT2D eigenvalue weighted by atomic mass is 16.5. The summed E-state index contributed by atoms with van der Waals surface area (Å²) in [7, 11) is 0. The summed E-state index contributed by atoms with van der Waals surface area (Å²) in [5.41, 5.74) is 1.81. The van der Waals surface area contributed by atoms with Gasteiger partial charge in [-0.05, 0) is 32.4 Å². The van der Waals surface area contributed by atoms with Gasteiger partial charge in [0, 0.05) is 44.7 Å². The van der Waals surface area contributed by atoms with Crippen molar-refractivity contribution < 1.29 is 18.5 Å². The van der Waals surface area contributed by atoms with E-state index < -0.39 is 0 Å². The first kappa shape index (κ1) is 17.8. The maximum atomic E-state index is 12.9. The second kappa shape index (κ2) is 7.19. The Balaban J connectivity index is 1.48. The molecule has 1 atom stereocenters. The molecule has 0 radical (unpaired) electrons. The highest BCUT2D eigenvalue weighted by molar-refractivity contribution is 5.92. The first-order valence-electron chi connectivity index (χ1n) is 9.34. The van der Waals surface area contributed by atoms with E-state index in [9.17, 15) is 9.59 Å². The third kappa shape index (κ3) is 3.49. The summed E-state index contributed by atoms with van der Waals surface area (Å²) in [6.45, 7) is 7.11. The Labute approximate surface area is 157 Å². The van der Waals surface area contributed by atoms with Crippen molar-refractivity contribution in [2.24, 2.45) is 0 Å². The van der Waals surface area contributed by atoms with Gasteiger partial charge in [0.05, 0.1) is 5.69 Å². The van der Waals surface area contributed by atoms with Crippen LogP contribution in [0.25, 0.3) is 0 Å². The van der Waals surface area contributed by atoms with Gasteiger partial charge in [0.25, 0.3) is 5.91 Å². The molecular weight excluding hydrogens is 348 g/mol. The second-order valence-corrected chi connectivity index (χ2v) is 7.19. The maximum absolute atomic E-state index is 12.9. The molecule has 2 aliphatic heterocycles. The van der Waals surface area contributed by atoms with Crippen molar-refractivity contribution in [1.82, 2.24) is 20.3 Å². The Kier molecular flexibility index (Phi) is 4.73. The smallest absolute Gasteiger partial charge is 0.289 e. The van der Waals surface area contributed by atoms with Gasteiger partial charge in [-0.2, -0.15) is 0 Å². The third-order valence-electron chi connectivity index (χ3n) is 5.40. The van der Waals surface area contributed by atoms with E-state index in [1.165, 1.54) is 0 Å². The molecule has 2 aromatic heterocycles. The van der Waals surface area contributed by atoms with Crippen LogP contribution in [0.2, 0.25) is 0 Å². The number of rotatable bonds is 3. The molecule has 0 saturated carbocycles. The zero-order chi connectivity index (χ0) is 19.0. The van der Waals surface area contributed by atoms with Crippen molar-refractivity contribution >= 4 is 11.8 Å². The van der Waals surface area contributed by atoms with Crippen molar-refractivity contribution in [2.75, 3.05) is 32.7 Å². The number of nitrogens with one attached hydrogen (secondary N) is 1. The van der Waals surface area contributed by atoms with Crippen molar-refractivity contribution in [2.45, 2.75) is 32.7 Å². The van der Waals surface area contributed by atoms with Crippen LogP contribution in [0.1, 0.15) is 39.8 Å². The first-order chi connectivity index (χ1) is 13.0. The minimum absolute atomic E-state index is 0.000470. The van der Waals surface area contributed by atoms with Crippen LogP contribution in [-0.4, -0.2) is 65.5 Å². The molecule has 27 heavy (non-hydrogen) atoms. The van der Waals surface area contributed by atoms with Crippen LogP contribution < -0.4 is 5.32 Å². The molecule has 0 aliphatic carbocycles. The third-order valence-corrected chi connectivity index (χ3v) is 5.40. The lowest BCUT2D eigenvalue weighted by Crippen LogP contribution is -2.58. The quantitative estimate of drug-likeness (QED) is 0.868. The van der Waals surface area contributed by atoms with Gasteiger partial charge in [0.2, 0.25) is 5.91 Å². The summed E-state index contributed by atoms with van der Waals surface area (Å²) in [6, 6.07) is 3.25. The lowest BCUT2D eigenvalue weighted by Gasteiger charge is -2.34. The largest absolute Gasteiger partial charge is 0.456 e. The fraction of sp³-hybridized carbons (Fsp3) is 0.526. The topological polar surface area (TPSA) is 91.8 Å². The zero-order valence-electron chi connectivity index (χ0n) is 15.7. The van der Waals surface area contributed by atoms with Gasteiger partial charge in [-0.15, -0.1) is 0 Å². The highest BCUT2D eigenvalue weighted by Crippen LogP contribution is 2.21. The van der Waals surface area contributed by atoms with E-state index in [2.05, 4.69) is 15.4 Å². The van der Waals surface area contributed by atoms with E-state index in [1.54, 1.807) is 11.0 Å². The van der Waals surface area contributed by atoms with Crippen molar-refractivity contribution in [3.8, 4) is 0 Å². The van der Waals surface area contributed by atoms with Crippen LogP contribution in [0.5, 0.6) is 0 Å². The van der Waals surface area contributed by atoms with Gasteiger partial charge in [-0.3, -0.25) is 14.5 Å². The molecule has 2 aromatic rings. The molecule has 1 N–H and O–H groups in total. The minimum atomic E-state index is -0.276. The van der Waals surface area contributed by atoms with Gasteiger partial charge in [0.1, 0.15) is 17.6 Å². The molecule has 2 amide bonds. The molecule has 0 aromatic carbocycles. The standard InChI is InChI=1S/C19H24N4O4/c1-12-15(13(2)27-21-12)10-14-4-5-17(26-14)19(25)23-8-3-7-22-9-6-20-18(24)16(22)11-23/h4-5,16H,3,6-11H2,1-2H3,(H,20,24). The lowest BCUT2D eigenvalue weighted by molar-refractivity contribution is -0.128. The molecule has 8 nitrogen and oxygen atoms in total. The second-order valence-electron chi connectivity index (χ2n) is 7.19. The number of hydrogen-bond acceptors (Lipinski definition) is 6. The minimum Gasteiger partial charge on any atom is -0.456 e. The SMILES string of the molecule is Cc1noc(C)c1Cc1ccc(C(=O)N2CCCN3CCNC(=O)C3C2)o1. The Morgan fingerprint density at radius 1 is 1.30 bits per heavy atom. The van der Waals surface area contributed by atoms with Crippen LogP contribution in [-0.2, 0) is 11.2 Å². The van der Waals surface area contributed by atoms with E-state index in [1.807, 2.05) is 19.9 Å². The first-order valence-corrected chi connectivity index (χ1v) is 9.34. The van der Waals surface area contributed by atoms with Gasteiger partial charge < -0.3 is 19.2 Å². The summed E-state index contributed by atoms with van der Waals surface area (Å²) >= 11 is 0. The number of aryl methyl sites for hydroxylation is 2. The number of furan rings is 1. The van der Waals surface area contributed by atoms with Crippen LogP contribution in [0.15, 0.2) is 21.1 Å². The fourth-order valence-electron chi connectivity index (χ4n) is 3.85. The van der Waals surface area contributed by atoms with Crippen molar-refractivity contribution in [1.29, 1.82) is 0 Å². The molecular formula is C19H24N4O4. The summed E-state index contributed by atoms with van der Waals surface area (Å²) < 4.78 is 11.0. The highest BCUT2D eigenvalue weighted by Gasteiger charge is 2.35.